The number of thioether (sulfide) groups is 1. The van der Waals surface area contributed by atoms with Gasteiger partial charge in [0.05, 0.1) is 11.0 Å². The van der Waals surface area contributed by atoms with Crippen molar-refractivity contribution in [3.63, 3.8) is 0 Å². The summed E-state index contributed by atoms with van der Waals surface area (Å²) < 4.78 is 6.13. The Balaban J connectivity index is 1.67. The summed E-state index contributed by atoms with van der Waals surface area (Å²) in [7, 11) is 0. The average molecular weight is 365 g/mol. The fourth-order valence-corrected chi connectivity index (χ4v) is 4.29. The van der Waals surface area contributed by atoms with Crippen LogP contribution in [0.4, 0.5) is 5.82 Å². The summed E-state index contributed by atoms with van der Waals surface area (Å²) in [5.41, 5.74) is 4.14. The Morgan fingerprint density at radius 2 is 1.92 bits per heavy atom. The number of rotatable bonds is 4. The van der Waals surface area contributed by atoms with Crippen LogP contribution in [-0.4, -0.2) is 21.9 Å². The Labute approximate surface area is 156 Å². The minimum atomic E-state index is -0.0343. The number of hydrogen-bond acceptors (Lipinski definition) is 4. The molecule has 0 spiro atoms. The van der Waals surface area contributed by atoms with E-state index in [4.69, 9.17) is 4.74 Å². The maximum atomic E-state index is 12.0. The lowest BCUT2D eigenvalue weighted by atomic mass is 10.0. The van der Waals surface area contributed by atoms with E-state index in [0.717, 1.165) is 28.1 Å². The molecule has 1 aliphatic rings. The highest BCUT2D eigenvalue weighted by Crippen LogP contribution is 2.45. The standard InChI is InChI=1S/C20H19N3O2S/c1-13-18-19(26-12-17(24)21-20(18)23-22-13)15-9-5-6-10-16(15)25-11-14-7-3-2-4-8-14/h2-10,19H,11-12H2,1H3,(H2,21,22,23,24)/t19-/m1/s1. The van der Waals surface area contributed by atoms with E-state index in [1.54, 1.807) is 11.8 Å². The summed E-state index contributed by atoms with van der Waals surface area (Å²) in [6, 6.07) is 18.1. The van der Waals surface area contributed by atoms with Crippen molar-refractivity contribution in [2.75, 3.05) is 11.1 Å². The highest BCUT2D eigenvalue weighted by molar-refractivity contribution is 8.00. The summed E-state index contributed by atoms with van der Waals surface area (Å²) in [5.74, 6) is 1.79. The molecule has 0 radical (unpaired) electrons. The second-order valence-corrected chi connectivity index (χ2v) is 7.26. The zero-order chi connectivity index (χ0) is 17.9. The highest BCUT2D eigenvalue weighted by atomic mass is 32.2. The van der Waals surface area contributed by atoms with Gasteiger partial charge in [-0.2, -0.15) is 5.10 Å². The lowest BCUT2D eigenvalue weighted by Gasteiger charge is -2.19. The predicted octanol–water partition coefficient (Wildman–Crippen LogP) is 4.07. The van der Waals surface area contributed by atoms with E-state index in [0.29, 0.717) is 18.2 Å². The van der Waals surface area contributed by atoms with Gasteiger partial charge in [0.25, 0.3) is 0 Å². The summed E-state index contributed by atoms with van der Waals surface area (Å²) in [4.78, 5) is 12.0. The number of ether oxygens (including phenoxy) is 1. The largest absolute Gasteiger partial charge is 0.489 e. The number of para-hydroxylation sites is 1. The first kappa shape index (κ1) is 16.7. The van der Waals surface area contributed by atoms with Crippen LogP contribution in [0.5, 0.6) is 5.75 Å². The molecule has 26 heavy (non-hydrogen) atoms. The van der Waals surface area contributed by atoms with Crippen LogP contribution in [0.1, 0.15) is 27.6 Å². The zero-order valence-electron chi connectivity index (χ0n) is 14.4. The van der Waals surface area contributed by atoms with E-state index in [1.807, 2.05) is 55.5 Å². The zero-order valence-corrected chi connectivity index (χ0v) is 15.2. The molecule has 3 aromatic rings. The molecule has 1 atom stereocenters. The fourth-order valence-electron chi connectivity index (χ4n) is 3.07. The number of aromatic amines is 1. The van der Waals surface area contributed by atoms with Crippen LogP contribution in [0.15, 0.2) is 54.6 Å². The number of H-pyrrole nitrogens is 1. The van der Waals surface area contributed by atoms with Crippen LogP contribution < -0.4 is 10.1 Å². The fraction of sp³-hybridized carbons (Fsp3) is 0.200. The van der Waals surface area contributed by atoms with Crippen molar-refractivity contribution >= 4 is 23.5 Å². The first-order chi connectivity index (χ1) is 12.7. The molecular formula is C20H19N3O2S. The molecule has 2 heterocycles. The van der Waals surface area contributed by atoms with Crippen molar-refractivity contribution in [2.45, 2.75) is 18.8 Å². The minimum Gasteiger partial charge on any atom is -0.489 e. The van der Waals surface area contributed by atoms with E-state index in [2.05, 4.69) is 21.6 Å². The topological polar surface area (TPSA) is 67.0 Å². The molecule has 0 bridgehead atoms. The molecule has 0 unspecified atom stereocenters. The van der Waals surface area contributed by atoms with Gasteiger partial charge in [0.1, 0.15) is 12.4 Å². The molecule has 2 N–H and O–H groups in total. The second kappa shape index (κ2) is 7.25. The number of fused-ring (bicyclic) bond motifs is 1. The molecule has 0 fully saturated rings. The molecular weight excluding hydrogens is 346 g/mol. The number of anilines is 1. The maximum absolute atomic E-state index is 12.0. The van der Waals surface area contributed by atoms with Gasteiger partial charge in [-0.05, 0) is 18.6 Å². The maximum Gasteiger partial charge on any atom is 0.235 e. The van der Waals surface area contributed by atoms with Crippen LogP contribution in [-0.2, 0) is 11.4 Å². The monoisotopic (exact) mass is 365 g/mol. The van der Waals surface area contributed by atoms with Gasteiger partial charge in [-0.1, -0.05) is 48.5 Å². The normalized spacial score (nSPS) is 16.5. The van der Waals surface area contributed by atoms with Crippen molar-refractivity contribution < 1.29 is 9.53 Å². The van der Waals surface area contributed by atoms with E-state index in [-0.39, 0.29) is 11.2 Å². The number of nitrogens with one attached hydrogen (secondary N) is 2. The van der Waals surface area contributed by atoms with Gasteiger partial charge >= 0.3 is 0 Å². The number of aryl methyl sites for hydroxylation is 1. The Hall–Kier alpha value is -2.73. The van der Waals surface area contributed by atoms with Gasteiger partial charge in [-0.25, -0.2) is 0 Å². The predicted molar refractivity (Wildman–Crippen MR) is 103 cm³/mol. The van der Waals surface area contributed by atoms with Crippen LogP contribution in [0.25, 0.3) is 0 Å². The van der Waals surface area contributed by atoms with Crippen molar-refractivity contribution in [1.82, 2.24) is 10.2 Å². The SMILES string of the molecule is Cc1[nH]nc2c1[C@@H](c1ccccc1OCc1ccccc1)SCC(=O)N2. The van der Waals surface area contributed by atoms with E-state index in [9.17, 15) is 4.79 Å². The Kier molecular flexibility index (Phi) is 4.67. The number of carbonyl (C=O) groups is 1. The van der Waals surface area contributed by atoms with Crippen molar-refractivity contribution in [3.8, 4) is 5.75 Å². The van der Waals surface area contributed by atoms with Gasteiger partial charge < -0.3 is 10.1 Å². The average Bonchev–Trinajstić information content (AvgIpc) is 2.93. The minimum absolute atomic E-state index is 0.0188. The van der Waals surface area contributed by atoms with Crippen LogP contribution in [0.3, 0.4) is 0 Å². The smallest absolute Gasteiger partial charge is 0.235 e. The molecule has 2 aromatic carbocycles. The lowest BCUT2D eigenvalue weighted by Crippen LogP contribution is -2.12. The third kappa shape index (κ3) is 3.32. The van der Waals surface area contributed by atoms with Gasteiger partial charge in [0.15, 0.2) is 5.82 Å². The van der Waals surface area contributed by atoms with E-state index < -0.39 is 0 Å². The molecule has 1 amide bonds. The Morgan fingerprint density at radius 3 is 2.77 bits per heavy atom. The van der Waals surface area contributed by atoms with Crippen LogP contribution >= 0.6 is 11.8 Å². The van der Waals surface area contributed by atoms with Gasteiger partial charge in [0.2, 0.25) is 5.91 Å². The van der Waals surface area contributed by atoms with E-state index >= 15 is 0 Å². The number of benzene rings is 2. The number of nitrogens with zero attached hydrogens (tertiary/aromatic N) is 1. The quantitative estimate of drug-likeness (QED) is 0.731. The molecule has 1 aromatic heterocycles. The molecule has 132 valence electrons. The summed E-state index contributed by atoms with van der Waals surface area (Å²) >= 11 is 1.59. The molecule has 1 aliphatic heterocycles. The lowest BCUT2D eigenvalue weighted by molar-refractivity contribution is -0.113. The summed E-state index contributed by atoms with van der Waals surface area (Å²) in [6.45, 7) is 2.48. The Bertz CT molecular complexity index is 924. The van der Waals surface area contributed by atoms with Crippen molar-refractivity contribution in [2.24, 2.45) is 0 Å². The van der Waals surface area contributed by atoms with E-state index in [1.165, 1.54) is 0 Å². The second-order valence-electron chi connectivity index (χ2n) is 6.16. The Morgan fingerprint density at radius 1 is 1.15 bits per heavy atom. The number of amides is 1. The van der Waals surface area contributed by atoms with Crippen LogP contribution in [0.2, 0.25) is 0 Å². The van der Waals surface area contributed by atoms with Crippen molar-refractivity contribution in [3.05, 3.63) is 77.0 Å². The van der Waals surface area contributed by atoms with Gasteiger partial charge in [0, 0.05) is 16.8 Å². The first-order valence-corrected chi connectivity index (χ1v) is 9.49. The third-order valence-electron chi connectivity index (χ3n) is 4.33. The molecule has 4 rings (SSSR count). The number of carbonyl (C=O) groups excluding carboxylic acids is 1. The number of aromatic nitrogens is 2. The molecule has 0 aliphatic carbocycles. The first-order valence-electron chi connectivity index (χ1n) is 8.44. The van der Waals surface area contributed by atoms with Crippen LogP contribution in [0, 0.1) is 6.92 Å². The molecule has 5 nitrogen and oxygen atoms in total. The van der Waals surface area contributed by atoms with Crippen molar-refractivity contribution in [1.29, 1.82) is 0 Å². The number of hydrogen-bond donors (Lipinski definition) is 2. The van der Waals surface area contributed by atoms with Gasteiger partial charge in [-0.15, -0.1) is 11.8 Å². The summed E-state index contributed by atoms with van der Waals surface area (Å²) in [6.07, 6.45) is 0. The molecule has 0 saturated carbocycles. The molecule has 0 saturated heterocycles. The summed E-state index contributed by atoms with van der Waals surface area (Å²) in [5, 5.41) is 10.1. The molecule has 6 heteroatoms. The van der Waals surface area contributed by atoms with Gasteiger partial charge in [-0.3, -0.25) is 9.89 Å². The highest BCUT2D eigenvalue weighted by Gasteiger charge is 2.29. The third-order valence-corrected chi connectivity index (χ3v) is 5.59.